The van der Waals surface area contributed by atoms with Gasteiger partial charge in [-0.25, -0.2) is 9.69 Å². The molecule has 0 aromatic heterocycles. The summed E-state index contributed by atoms with van der Waals surface area (Å²) in [6.45, 7) is 2.29. The van der Waals surface area contributed by atoms with Crippen molar-refractivity contribution in [3.63, 3.8) is 0 Å². The number of anilines is 1. The molecule has 184 valence electrons. The predicted molar refractivity (Wildman–Crippen MR) is 136 cm³/mol. The summed E-state index contributed by atoms with van der Waals surface area (Å²) in [5.41, 5.74) is 2.40. The predicted octanol–water partition coefficient (Wildman–Crippen LogP) is 4.91. The molecule has 0 bridgehead atoms. The van der Waals surface area contributed by atoms with Crippen LogP contribution in [0.3, 0.4) is 0 Å². The number of rotatable bonds is 7. The number of aryl methyl sites for hydroxylation is 1. The minimum absolute atomic E-state index is 0.0728. The fourth-order valence-corrected chi connectivity index (χ4v) is 3.98. The Hall–Kier alpha value is -4.30. The van der Waals surface area contributed by atoms with Crippen molar-refractivity contribution in [2.24, 2.45) is 0 Å². The lowest BCUT2D eigenvalue weighted by atomic mass is 10.1. The largest absolute Gasteiger partial charge is 0.495 e. The van der Waals surface area contributed by atoms with E-state index in [2.05, 4.69) is 5.32 Å². The molecule has 0 aliphatic carbocycles. The molecule has 0 radical (unpaired) electrons. The number of amides is 4. The zero-order valence-electron chi connectivity index (χ0n) is 19.8. The van der Waals surface area contributed by atoms with Gasteiger partial charge in [-0.1, -0.05) is 59.6 Å². The van der Waals surface area contributed by atoms with Crippen molar-refractivity contribution in [2.45, 2.75) is 13.5 Å². The van der Waals surface area contributed by atoms with Crippen molar-refractivity contribution in [1.29, 1.82) is 0 Å². The maximum Gasteiger partial charge on any atom is 0.336 e. The number of hydrogen-bond donors (Lipinski definition) is 1. The fraction of sp³-hybridized carbons (Fsp3) is 0.148. The van der Waals surface area contributed by atoms with Gasteiger partial charge in [-0.2, -0.15) is 0 Å². The van der Waals surface area contributed by atoms with E-state index in [1.807, 2.05) is 31.2 Å². The number of imide groups is 2. The highest BCUT2D eigenvalue weighted by molar-refractivity contribution is 6.39. The number of ether oxygens (including phenoxy) is 3. The highest BCUT2D eigenvalue weighted by Gasteiger charge is 2.38. The molecular weight excluding hydrogens is 484 g/mol. The number of hydrogen-bond acceptors (Lipinski definition) is 6. The lowest BCUT2D eigenvalue weighted by Gasteiger charge is -2.28. The molecule has 3 aromatic carbocycles. The monoisotopic (exact) mass is 506 g/mol. The summed E-state index contributed by atoms with van der Waals surface area (Å²) < 4.78 is 16.5. The summed E-state index contributed by atoms with van der Waals surface area (Å²) in [7, 11) is 2.77. The van der Waals surface area contributed by atoms with Crippen molar-refractivity contribution in [1.82, 2.24) is 5.32 Å². The van der Waals surface area contributed by atoms with Gasteiger partial charge in [0.05, 0.1) is 24.9 Å². The second-order valence-corrected chi connectivity index (χ2v) is 8.34. The summed E-state index contributed by atoms with van der Waals surface area (Å²) in [6.07, 6.45) is 1.39. The van der Waals surface area contributed by atoms with Gasteiger partial charge in [0.2, 0.25) is 0 Å². The number of barbiturate groups is 1. The highest BCUT2D eigenvalue weighted by Crippen LogP contribution is 2.39. The topological polar surface area (TPSA) is 94.2 Å². The first kappa shape index (κ1) is 24.8. The lowest BCUT2D eigenvalue weighted by Crippen LogP contribution is -2.54. The van der Waals surface area contributed by atoms with Crippen LogP contribution < -0.4 is 24.4 Å². The van der Waals surface area contributed by atoms with Crippen molar-refractivity contribution in [2.75, 3.05) is 19.1 Å². The normalized spacial score (nSPS) is 14.6. The SMILES string of the molecule is COc1cc(N2C(=O)NC(=O)/C(=C\c3ccccc3OCc3cccc(C)c3)C2=O)c(OC)cc1Cl. The van der Waals surface area contributed by atoms with Gasteiger partial charge >= 0.3 is 6.03 Å². The Morgan fingerprint density at radius 3 is 2.39 bits per heavy atom. The van der Waals surface area contributed by atoms with E-state index in [1.54, 1.807) is 24.3 Å². The van der Waals surface area contributed by atoms with Gasteiger partial charge in [0.15, 0.2) is 0 Å². The van der Waals surface area contributed by atoms with Crippen molar-refractivity contribution < 1.29 is 28.6 Å². The summed E-state index contributed by atoms with van der Waals surface area (Å²) in [4.78, 5) is 39.6. The van der Waals surface area contributed by atoms with Gasteiger partial charge in [-0.05, 0) is 24.6 Å². The standard InChI is InChI=1S/C27H23ClN2O6/c1-16-7-6-8-17(11-16)15-36-22-10-5-4-9-18(22)12-19-25(31)29-27(33)30(26(19)32)21-14-23(34-2)20(28)13-24(21)35-3/h4-14H,15H2,1-3H3,(H,29,31,33)/b19-12+. The number of methoxy groups -OCH3 is 2. The fourth-order valence-electron chi connectivity index (χ4n) is 3.75. The van der Waals surface area contributed by atoms with Crippen molar-refractivity contribution >= 4 is 41.2 Å². The maximum atomic E-state index is 13.4. The van der Waals surface area contributed by atoms with Gasteiger partial charge in [0, 0.05) is 17.7 Å². The molecule has 4 amide bonds. The van der Waals surface area contributed by atoms with E-state index in [9.17, 15) is 14.4 Å². The number of urea groups is 1. The highest BCUT2D eigenvalue weighted by atomic mass is 35.5. The Morgan fingerprint density at radius 1 is 0.917 bits per heavy atom. The molecule has 1 aliphatic heterocycles. The zero-order chi connectivity index (χ0) is 25.8. The average molecular weight is 507 g/mol. The van der Waals surface area contributed by atoms with Crippen LogP contribution in [0.1, 0.15) is 16.7 Å². The number of carbonyl (C=O) groups is 3. The van der Waals surface area contributed by atoms with Gasteiger partial charge in [-0.15, -0.1) is 0 Å². The summed E-state index contributed by atoms with van der Waals surface area (Å²) in [5, 5.41) is 2.44. The minimum Gasteiger partial charge on any atom is -0.495 e. The molecule has 0 atom stereocenters. The summed E-state index contributed by atoms with van der Waals surface area (Å²) in [5.74, 6) is -0.805. The third-order valence-corrected chi connectivity index (χ3v) is 5.79. The van der Waals surface area contributed by atoms with Crippen LogP contribution in [-0.4, -0.2) is 32.1 Å². The second kappa shape index (κ2) is 10.5. The molecule has 4 rings (SSSR count). The molecule has 0 unspecified atom stereocenters. The Balaban J connectivity index is 1.70. The third kappa shape index (κ3) is 5.04. The second-order valence-electron chi connectivity index (χ2n) is 7.93. The molecule has 0 spiro atoms. The summed E-state index contributed by atoms with van der Waals surface area (Å²) >= 11 is 6.16. The quantitative estimate of drug-likeness (QED) is 0.361. The molecule has 3 aromatic rings. The maximum absolute atomic E-state index is 13.4. The lowest BCUT2D eigenvalue weighted by molar-refractivity contribution is -0.122. The number of nitrogens with one attached hydrogen (secondary N) is 1. The Labute approximate surface area is 213 Å². The molecule has 36 heavy (non-hydrogen) atoms. The number of nitrogens with zero attached hydrogens (tertiary/aromatic N) is 1. The van der Waals surface area contributed by atoms with Crippen LogP contribution in [0.4, 0.5) is 10.5 Å². The molecule has 9 heteroatoms. The van der Waals surface area contributed by atoms with E-state index < -0.39 is 17.8 Å². The number of para-hydroxylation sites is 1. The molecular formula is C27H23ClN2O6. The molecule has 1 heterocycles. The van der Waals surface area contributed by atoms with Crippen LogP contribution in [0.15, 0.2) is 66.2 Å². The van der Waals surface area contributed by atoms with Crippen LogP contribution in [-0.2, 0) is 16.2 Å². The van der Waals surface area contributed by atoms with Crippen LogP contribution in [0.25, 0.3) is 6.08 Å². The smallest absolute Gasteiger partial charge is 0.336 e. The molecule has 1 aliphatic rings. The van der Waals surface area contributed by atoms with Gasteiger partial charge in [-0.3, -0.25) is 14.9 Å². The Morgan fingerprint density at radius 2 is 1.67 bits per heavy atom. The van der Waals surface area contributed by atoms with E-state index >= 15 is 0 Å². The molecule has 0 saturated carbocycles. The molecule has 8 nitrogen and oxygen atoms in total. The van der Waals surface area contributed by atoms with E-state index in [0.29, 0.717) is 17.9 Å². The van der Waals surface area contributed by atoms with E-state index in [0.717, 1.165) is 16.0 Å². The van der Waals surface area contributed by atoms with Crippen molar-refractivity contribution in [3.05, 3.63) is 87.9 Å². The molecule has 1 N–H and O–H groups in total. The van der Waals surface area contributed by atoms with Gasteiger partial charge < -0.3 is 14.2 Å². The Bertz CT molecular complexity index is 1380. The van der Waals surface area contributed by atoms with Crippen LogP contribution >= 0.6 is 11.6 Å². The first-order valence-corrected chi connectivity index (χ1v) is 11.3. The van der Waals surface area contributed by atoms with Gasteiger partial charge in [0.1, 0.15) is 29.4 Å². The number of carbonyl (C=O) groups excluding carboxylic acids is 3. The van der Waals surface area contributed by atoms with E-state index in [-0.39, 0.29) is 27.8 Å². The van der Waals surface area contributed by atoms with Crippen LogP contribution in [0.2, 0.25) is 5.02 Å². The minimum atomic E-state index is -0.922. The number of benzene rings is 3. The van der Waals surface area contributed by atoms with Crippen molar-refractivity contribution in [3.8, 4) is 17.2 Å². The average Bonchev–Trinajstić information content (AvgIpc) is 2.86. The number of halogens is 1. The van der Waals surface area contributed by atoms with E-state index in [4.69, 9.17) is 25.8 Å². The molecule has 1 saturated heterocycles. The Kier molecular flexibility index (Phi) is 7.26. The first-order valence-electron chi connectivity index (χ1n) is 10.9. The van der Waals surface area contributed by atoms with Crippen LogP contribution in [0, 0.1) is 6.92 Å². The summed E-state index contributed by atoms with van der Waals surface area (Å²) in [6, 6.07) is 16.8. The first-order chi connectivity index (χ1) is 17.3. The van der Waals surface area contributed by atoms with Crippen LogP contribution in [0.5, 0.6) is 17.2 Å². The third-order valence-electron chi connectivity index (χ3n) is 5.49. The van der Waals surface area contributed by atoms with Gasteiger partial charge in [0.25, 0.3) is 11.8 Å². The van der Waals surface area contributed by atoms with E-state index in [1.165, 1.54) is 32.4 Å². The zero-order valence-corrected chi connectivity index (χ0v) is 20.6. The molecule has 1 fully saturated rings.